The first kappa shape index (κ1) is 18.5. The van der Waals surface area contributed by atoms with E-state index in [1.807, 2.05) is 6.07 Å². The van der Waals surface area contributed by atoms with Crippen LogP contribution in [0.3, 0.4) is 0 Å². The fourth-order valence-corrected chi connectivity index (χ4v) is 5.45. The molecule has 0 radical (unpaired) electrons. The lowest BCUT2D eigenvalue weighted by molar-refractivity contribution is -0.895. The van der Waals surface area contributed by atoms with Gasteiger partial charge in [0.1, 0.15) is 10.3 Å². The predicted molar refractivity (Wildman–Crippen MR) is 98.4 cm³/mol. The molecule has 0 saturated carbocycles. The third-order valence-electron chi connectivity index (χ3n) is 4.25. The maximum Gasteiger partial charge on any atom is 0.279 e. The van der Waals surface area contributed by atoms with E-state index in [2.05, 4.69) is 5.32 Å². The van der Waals surface area contributed by atoms with Crippen molar-refractivity contribution in [2.75, 3.05) is 38.0 Å². The zero-order chi connectivity index (χ0) is 18.6. The molecule has 1 saturated heterocycles. The molecule has 1 aliphatic heterocycles. The third kappa shape index (κ3) is 4.11. The van der Waals surface area contributed by atoms with Crippen molar-refractivity contribution in [1.29, 1.82) is 5.26 Å². The Hall–Kier alpha value is -2.25. The number of sulfonamides is 1. The summed E-state index contributed by atoms with van der Waals surface area (Å²) in [6.45, 7) is 2.15. The summed E-state index contributed by atoms with van der Waals surface area (Å²) < 4.78 is 26.8. The van der Waals surface area contributed by atoms with Crippen molar-refractivity contribution in [3.63, 3.8) is 0 Å². The van der Waals surface area contributed by atoms with Crippen molar-refractivity contribution in [3.05, 3.63) is 47.3 Å². The second-order valence-corrected chi connectivity index (χ2v) is 9.08. The fourth-order valence-electron chi connectivity index (χ4n) is 2.87. The van der Waals surface area contributed by atoms with Crippen LogP contribution in [0, 0.1) is 11.3 Å². The highest BCUT2D eigenvalue weighted by atomic mass is 32.2. The van der Waals surface area contributed by atoms with Gasteiger partial charge in [0.15, 0.2) is 6.54 Å². The average molecular weight is 391 g/mol. The first-order chi connectivity index (χ1) is 12.5. The smallest absolute Gasteiger partial charge is 0.279 e. The van der Waals surface area contributed by atoms with Gasteiger partial charge in [-0.2, -0.15) is 9.57 Å². The lowest BCUT2D eigenvalue weighted by Crippen LogP contribution is -3.15. The molecule has 2 aromatic rings. The Balaban J connectivity index is 1.54. The number of nitrogens with zero attached hydrogens (tertiary/aromatic N) is 2. The molecular weight excluding hydrogens is 372 g/mol. The van der Waals surface area contributed by atoms with E-state index in [1.165, 1.54) is 15.6 Å². The number of quaternary nitrogens is 1. The van der Waals surface area contributed by atoms with Gasteiger partial charge in [-0.1, -0.05) is 18.2 Å². The van der Waals surface area contributed by atoms with Crippen molar-refractivity contribution in [2.45, 2.75) is 4.21 Å². The predicted octanol–water partition coefficient (Wildman–Crippen LogP) is 0.148. The lowest BCUT2D eigenvalue weighted by atomic mass is 10.2. The van der Waals surface area contributed by atoms with Gasteiger partial charge >= 0.3 is 0 Å². The molecule has 2 N–H and O–H groups in total. The van der Waals surface area contributed by atoms with E-state index in [0.29, 0.717) is 41.6 Å². The van der Waals surface area contributed by atoms with Crippen LogP contribution in [-0.4, -0.2) is 51.4 Å². The number of anilines is 1. The number of rotatable bonds is 5. The highest BCUT2D eigenvalue weighted by Gasteiger charge is 2.31. The minimum absolute atomic E-state index is 0.183. The molecule has 136 valence electrons. The van der Waals surface area contributed by atoms with Gasteiger partial charge in [-0.15, -0.1) is 11.3 Å². The van der Waals surface area contributed by atoms with E-state index in [9.17, 15) is 13.2 Å². The zero-order valence-electron chi connectivity index (χ0n) is 14.0. The van der Waals surface area contributed by atoms with Crippen LogP contribution in [0.1, 0.15) is 5.56 Å². The van der Waals surface area contributed by atoms with Gasteiger partial charge in [-0.05, 0) is 23.6 Å². The minimum Gasteiger partial charge on any atom is -0.325 e. The van der Waals surface area contributed by atoms with Gasteiger partial charge in [0, 0.05) is 0 Å². The number of benzene rings is 1. The molecular formula is C17H19N4O3S2+. The van der Waals surface area contributed by atoms with Gasteiger partial charge in [0.25, 0.3) is 15.9 Å². The van der Waals surface area contributed by atoms with Crippen molar-refractivity contribution >= 4 is 33.0 Å². The van der Waals surface area contributed by atoms with Crippen molar-refractivity contribution in [1.82, 2.24) is 4.31 Å². The van der Waals surface area contributed by atoms with Gasteiger partial charge in [-0.3, -0.25) is 4.79 Å². The second kappa shape index (κ2) is 7.97. The van der Waals surface area contributed by atoms with E-state index in [0.717, 1.165) is 4.90 Å². The molecule has 1 aliphatic rings. The van der Waals surface area contributed by atoms with Crippen LogP contribution in [0.15, 0.2) is 46.0 Å². The SMILES string of the molecule is N#Cc1ccccc1NC(=O)C[NH+]1CCN(S(=O)(=O)c2cccs2)CC1. The van der Waals surface area contributed by atoms with Crippen LogP contribution in [0.5, 0.6) is 0 Å². The Morgan fingerprint density at radius 1 is 1.23 bits per heavy atom. The van der Waals surface area contributed by atoms with Gasteiger partial charge in [0.05, 0.1) is 37.4 Å². The van der Waals surface area contributed by atoms with E-state index in [1.54, 1.807) is 41.8 Å². The average Bonchev–Trinajstić information content (AvgIpc) is 3.18. The zero-order valence-corrected chi connectivity index (χ0v) is 15.6. The molecule has 1 aromatic carbocycles. The molecule has 0 atom stereocenters. The first-order valence-electron chi connectivity index (χ1n) is 8.17. The fraction of sp³-hybridized carbons (Fsp3) is 0.294. The molecule has 9 heteroatoms. The third-order valence-corrected chi connectivity index (χ3v) is 7.52. The molecule has 1 aromatic heterocycles. The molecule has 7 nitrogen and oxygen atoms in total. The molecule has 1 amide bonds. The topological polar surface area (TPSA) is 94.7 Å². The summed E-state index contributed by atoms with van der Waals surface area (Å²) in [6, 6.07) is 12.2. The van der Waals surface area contributed by atoms with Crippen molar-refractivity contribution < 1.29 is 18.1 Å². The number of hydrogen-bond acceptors (Lipinski definition) is 5. The molecule has 0 unspecified atom stereocenters. The van der Waals surface area contributed by atoms with E-state index < -0.39 is 10.0 Å². The molecule has 0 bridgehead atoms. The van der Waals surface area contributed by atoms with Crippen LogP contribution in [-0.2, 0) is 14.8 Å². The van der Waals surface area contributed by atoms with Crippen LogP contribution in [0.2, 0.25) is 0 Å². The Bertz CT molecular complexity index is 912. The van der Waals surface area contributed by atoms with Crippen molar-refractivity contribution in [2.24, 2.45) is 0 Å². The number of thiophene rings is 1. The molecule has 1 fully saturated rings. The maximum absolute atomic E-state index is 12.5. The van der Waals surface area contributed by atoms with Gasteiger partial charge in [-0.25, -0.2) is 8.42 Å². The molecule has 26 heavy (non-hydrogen) atoms. The van der Waals surface area contributed by atoms with E-state index >= 15 is 0 Å². The number of nitriles is 1. The van der Waals surface area contributed by atoms with E-state index in [-0.39, 0.29) is 12.5 Å². The summed E-state index contributed by atoms with van der Waals surface area (Å²) in [7, 11) is -3.43. The number of piperazine rings is 1. The number of nitrogens with one attached hydrogen (secondary N) is 2. The second-order valence-electron chi connectivity index (χ2n) is 5.97. The normalized spacial score (nSPS) is 16.1. The number of carbonyl (C=O) groups is 1. The van der Waals surface area contributed by atoms with Gasteiger partial charge in [0.2, 0.25) is 0 Å². The summed E-state index contributed by atoms with van der Waals surface area (Å²) in [5, 5.41) is 13.6. The largest absolute Gasteiger partial charge is 0.325 e. The van der Waals surface area contributed by atoms with Gasteiger partial charge < -0.3 is 10.2 Å². The Morgan fingerprint density at radius 2 is 1.96 bits per heavy atom. The van der Waals surface area contributed by atoms with Crippen molar-refractivity contribution in [3.8, 4) is 6.07 Å². The lowest BCUT2D eigenvalue weighted by Gasteiger charge is -2.30. The number of hydrogen-bond donors (Lipinski definition) is 2. The maximum atomic E-state index is 12.5. The highest BCUT2D eigenvalue weighted by Crippen LogP contribution is 2.20. The summed E-state index contributed by atoms with van der Waals surface area (Å²) in [5.74, 6) is -0.183. The monoisotopic (exact) mass is 391 g/mol. The molecule has 0 spiro atoms. The summed E-state index contributed by atoms with van der Waals surface area (Å²) in [5.41, 5.74) is 0.918. The highest BCUT2D eigenvalue weighted by molar-refractivity contribution is 7.91. The number of para-hydroxylation sites is 1. The number of amides is 1. The van der Waals surface area contributed by atoms with Crippen LogP contribution in [0.4, 0.5) is 5.69 Å². The summed E-state index contributed by atoms with van der Waals surface area (Å²) in [4.78, 5) is 13.3. The molecule has 3 rings (SSSR count). The summed E-state index contributed by atoms with van der Waals surface area (Å²) >= 11 is 1.21. The molecule has 2 heterocycles. The standard InChI is InChI=1S/C17H18N4O3S2/c18-12-14-4-1-2-5-15(14)19-16(22)13-20-7-9-21(10-8-20)26(23,24)17-6-3-11-25-17/h1-6,11H,7-10,13H2,(H,19,22)/p+1. The Kier molecular flexibility index (Phi) is 5.68. The van der Waals surface area contributed by atoms with E-state index in [4.69, 9.17) is 5.26 Å². The quantitative estimate of drug-likeness (QED) is 0.758. The minimum atomic E-state index is -3.43. The summed E-state index contributed by atoms with van der Waals surface area (Å²) in [6.07, 6.45) is 0. The molecule has 0 aliphatic carbocycles. The number of carbonyl (C=O) groups excluding carboxylic acids is 1. The van der Waals surface area contributed by atoms with Crippen LogP contribution < -0.4 is 10.2 Å². The Morgan fingerprint density at radius 3 is 2.62 bits per heavy atom. The first-order valence-corrected chi connectivity index (χ1v) is 10.5. The van der Waals surface area contributed by atoms with Crippen LogP contribution in [0.25, 0.3) is 0 Å². The van der Waals surface area contributed by atoms with Crippen LogP contribution >= 0.6 is 11.3 Å². The Labute approximate surface area is 156 Å².